The third-order valence-electron chi connectivity index (χ3n) is 2.10. The van der Waals surface area contributed by atoms with Crippen molar-refractivity contribution in [2.24, 2.45) is 0 Å². The van der Waals surface area contributed by atoms with Crippen LogP contribution in [-0.4, -0.2) is 0 Å². The van der Waals surface area contributed by atoms with Crippen molar-refractivity contribution < 1.29 is 0 Å². The SMILES string of the molecule is Brc1ccc(-c2ccc(Br)c(Br)c2)cc1. The molecule has 0 N–H and O–H groups in total. The third-order valence-corrected chi connectivity index (χ3v) is 4.51. The quantitative estimate of drug-likeness (QED) is 0.591. The lowest BCUT2D eigenvalue weighted by Gasteiger charge is -2.03. The van der Waals surface area contributed by atoms with Crippen LogP contribution in [0.15, 0.2) is 55.9 Å². The van der Waals surface area contributed by atoms with Crippen LogP contribution in [0.5, 0.6) is 0 Å². The van der Waals surface area contributed by atoms with Gasteiger partial charge in [0, 0.05) is 13.4 Å². The number of hydrogen-bond acceptors (Lipinski definition) is 0. The largest absolute Gasteiger partial charge is 0.0533 e. The van der Waals surface area contributed by atoms with Crippen molar-refractivity contribution in [3.8, 4) is 11.1 Å². The summed E-state index contributed by atoms with van der Waals surface area (Å²) in [4.78, 5) is 0. The van der Waals surface area contributed by atoms with Crippen LogP contribution < -0.4 is 0 Å². The molecule has 0 atom stereocenters. The van der Waals surface area contributed by atoms with Crippen molar-refractivity contribution >= 4 is 47.8 Å². The fraction of sp³-hybridized carbons (Fsp3) is 0. The van der Waals surface area contributed by atoms with Crippen LogP contribution in [0.2, 0.25) is 0 Å². The Morgan fingerprint density at radius 3 is 1.80 bits per heavy atom. The van der Waals surface area contributed by atoms with Gasteiger partial charge in [-0.2, -0.15) is 0 Å². The van der Waals surface area contributed by atoms with Crippen LogP contribution in [0.3, 0.4) is 0 Å². The predicted octanol–water partition coefficient (Wildman–Crippen LogP) is 5.64. The van der Waals surface area contributed by atoms with Gasteiger partial charge in [0.1, 0.15) is 0 Å². The molecular formula is C12H7Br3. The van der Waals surface area contributed by atoms with E-state index in [4.69, 9.17) is 0 Å². The topological polar surface area (TPSA) is 0 Å². The van der Waals surface area contributed by atoms with Gasteiger partial charge in [0.15, 0.2) is 0 Å². The minimum absolute atomic E-state index is 1.07. The summed E-state index contributed by atoms with van der Waals surface area (Å²) < 4.78 is 3.24. The van der Waals surface area contributed by atoms with E-state index in [1.54, 1.807) is 0 Å². The standard InChI is InChI=1S/C12H7Br3/c13-10-4-1-8(2-5-10)9-3-6-11(14)12(15)7-9/h1-7H. The summed E-state index contributed by atoms with van der Waals surface area (Å²) >= 11 is 10.4. The Hall–Kier alpha value is -0.120. The van der Waals surface area contributed by atoms with Gasteiger partial charge in [0.05, 0.1) is 0 Å². The van der Waals surface area contributed by atoms with Gasteiger partial charge in [0.25, 0.3) is 0 Å². The Bertz CT molecular complexity index is 475. The van der Waals surface area contributed by atoms with Crippen molar-refractivity contribution in [2.75, 3.05) is 0 Å². The van der Waals surface area contributed by atoms with E-state index in [0.717, 1.165) is 13.4 Å². The summed E-state index contributed by atoms with van der Waals surface area (Å²) in [7, 11) is 0. The first-order valence-electron chi connectivity index (χ1n) is 4.38. The van der Waals surface area contributed by atoms with E-state index in [1.165, 1.54) is 11.1 Å². The molecule has 0 unspecified atom stereocenters. The van der Waals surface area contributed by atoms with Crippen LogP contribution in [0.1, 0.15) is 0 Å². The van der Waals surface area contributed by atoms with Gasteiger partial charge >= 0.3 is 0 Å². The van der Waals surface area contributed by atoms with E-state index in [9.17, 15) is 0 Å². The Morgan fingerprint density at radius 2 is 1.20 bits per heavy atom. The van der Waals surface area contributed by atoms with Gasteiger partial charge in [-0.1, -0.05) is 34.1 Å². The zero-order chi connectivity index (χ0) is 10.8. The molecule has 3 heteroatoms. The lowest BCUT2D eigenvalue weighted by Crippen LogP contribution is -1.78. The maximum Gasteiger partial charge on any atom is 0.0323 e. The Labute approximate surface area is 114 Å². The van der Waals surface area contributed by atoms with Gasteiger partial charge in [0.2, 0.25) is 0 Å². The molecule has 2 rings (SSSR count). The summed E-state index contributed by atoms with van der Waals surface area (Å²) in [6.07, 6.45) is 0. The van der Waals surface area contributed by atoms with Crippen LogP contribution in [0.25, 0.3) is 11.1 Å². The molecule has 2 aromatic carbocycles. The molecule has 0 radical (unpaired) electrons. The highest BCUT2D eigenvalue weighted by Gasteiger charge is 2.00. The second-order valence-electron chi connectivity index (χ2n) is 3.14. The molecule has 0 amide bonds. The van der Waals surface area contributed by atoms with Crippen LogP contribution in [0.4, 0.5) is 0 Å². The fourth-order valence-electron chi connectivity index (χ4n) is 1.32. The second-order valence-corrected chi connectivity index (χ2v) is 5.76. The van der Waals surface area contributed by atoms with Crippen molar-refractivity contribution in [2.45, 2.75) is 0 Å². The summed E-state index contributed by atoms with van der Waals surface area (Å²) in [5.74, 6) is 0. The predicted molar refractivity (Wildman–Crippen MR) is 75.0 cm³/mol. The lowest BCUT2D eigenvalue weighted by atomic mass is 10.1. The first-order valence-corrected chi connectivity index (χ1v) is 6.76. The number of hydrogen-bond donors (Lipinski definition) is 0. The molecular weight excluding hydrogens is 384 g/mol. The first kappa shape index (κ1) is 11.4. The molecule has 0 heterocycles. The summed E-state index contributed by atoms with van der Waals surface area (Å²) in [5, 5.41) is 0. The number of benzene rings is 2. The van der Waals surface area contributed by atoms with Gasteiger partial charge in [-0.25, -0.2) is 0 Å². The van der Waals surface area contributed by atoms with Crippen molar-refractivity contribution in [3.63, 3.8) is 0 Å². The molecule has 0 aliphatic rings. The highest BCUT2D eigenvalue weighted by Crippen LogP contribution is 2.29. The van der Waals surface area contributed by atoms with Gasteiger partial charge in [-0.15, -0.1) is 0 Å². The molecule has 0 saturated carbocycles. The lowest BCUT2D eigenvalue weighted by molar-refractivity contribution is 1.55. The van der Waals surface area contributed by atoms with E-state index in [0.29, 0.717) is 0 Å². The summed E-state index contributed by atoms with van der Waals surface area (Å²) in [6.45, 7) is 0. The monoisotopic (exact) mass is 388 g/mol. The maximum absolute atomic E-state index is 3.50. The van der Waals surface area contributed by atoms with Gasteiger partial charge < -0.3 is 0 Å². The highest BCUT2D eigenvalue weighted by molar-refractivity contribution is 9.13. The minimum atomic E-state index is 1.07. The van der Waals surface area contributed by atoms with Crippen LogP contribution in [-0.2, 0) is 0 Å². The van der Waals surface area contributed by atoms with E-state index in [2.05, 4.69) is 72.1 Å². The zero-order valence-electron chi connectivity index (χ0n) is 7.68. The maximum atomic E-state index is 3.50. The van der Waals surface area contributed by atoms with Crippen LogP contribution in [0, 0.1) is 0 Å². The minimum Gasteiger partial charge on any atom is -0.0533 e. The Morgan fingerprint density at radius 1 is 0.600 bits per heavy atom. The molecule has 0 nitrogen and oxygen atoms in total. The molecule has 0 aliphatic heterocycles. The van der Waals surface area contributed by atoms with E-state index < -0.39 is 0 Å². The second kappa shape index (κ2) is 4.81. The normalized spacial score (nSPS) is 10.3. The zero-order valence-corrected chi connectivity index (χ0v) is 12.4. The van der Waals surface area contributed by atoms with Crippen molar-refractivity contribution in [3.05, 3.63) is 55.9 Å². The molecule has 2 aromatic rings. The Kier molecular flexibility index (Phi) is 3.65. The van der Waals surface area contributed by atoms with Crippen molar-refractivity contribution in [1.29, 1.82) is 0 Å². The molecule has 0 aromatic heterocycles. The molecule has 0 saturated heterocycles. The third kappa shape index (κ3) is 2.71. The van der Waals surface area contributed by atoms with Crippen LogP contribution >= 0.6 is 47.8 Å². The average Bonchev–Trinajstić information content (AvgIpc) is 2.23. The highest BCUT2D eigenvalue weighted by atomic mass is 79.9. The first-order chi connectivity index (χ1) is 7.16. The van der Waals surface area contributed by atoms with E-state index in [1.807, 2.05) is 18.2 Å². The van der Waals surface area contributed by atoms with Gasteiger partial charge in [-0.05, 0) is 67.3 Å². The van der Waals surface area contributed by atoms with E-state index >= 15 is 0 Å². The smallest absolute Gasteiger partial charge is 0.0323 e. The fourth-order valence-corrected chi connectivity index (χ4v) is 2.21. The average molecular weight is 391 g/mol. The molecule has 0 spiro atoms. The molecule has 0 bridgehead atoms. The van der Waals surface area contributed by atoms with Gasteiger partial charge in [-0.3, -0.25) is 0 Å². The molecule has 0 fully saturated rings. The number of rotatable bonds is 1. The van der Waals surface area contributed by atoms with E-state index in [-0.39, 0.29) is 0 Å². The van der Waals surface area contributed by atoms with Crippen molar-refractivity contribution in [1.82, 2.24) is 0 Å². The number of halogens is 3. The summed E-state index contributed by atoms with van der Waals surface area (Å²) in [6, 6.07) is 14.5. The summed E-state index contributed by atoms with van der Waals surface area (Å²) in [5.41, 5.74) is 2.42. The molecule has 15 heavy (non-hydrogen) atoms. The molecule has 0 aliphatic carbocycles. The Balaban J connectivity index is 2.45. The molecule has 76 valence electrons.